The maximum atomic E-state index is 10.0. The fourth-order valence-corrected chi connectivity index (χ4v) is 5.38. The molecule has 3 N–H and O–H groups in total. The Balaban J connectivity index is 1.66. The lowest BCUT2D eigenvalue weighted by atomic mass is 9.72. The minimum absolute atomic E-state index is 0.138. The molecule has 3 aromatic carbocycles. The van der Waals surface area contributed by atoms with Crippen molar-refractivity contribution in [2.24, 2.45) is 17.1 Å². The highest BCUT2D eigenvalue weighted by Gasteiger charge is 2.30. The van der Waals surface area contributed by atoms with Crippen LogP contribution >= 0.6 is 0 Å². The minimum Gasteiger partial charge on any atom is -0.494 e. The van der Waals surface area contributed by atoms with E-state index in [1.807, 2.05) is 32.0 Å². The smallest absolute Gasteiger partial charge is 0.120 e. The second-order valence-electron chi connectivity index (χ2n) is 11.4. The lowest BCUT2D eigenvalue weighted by Crippen LogP contribution is -2.37. The van der Waals surface area contributed by atoms with E-state index in [4.69, 9.17) is 15.2 Å². The summed E-state index contributed by atoms with van der Waals surface area (Å²) in [5.41, 5.74) is 9.07. The molecule has 0 saturated heterocycles. The zero-order valence-electron chi connectivity index (χ0n) is 21.9. The predicted molar refractivity (Wildman–Crippen MR) is 145 cm³/mol. The number of fused-ring (bicyclic) bond motifs is 1. The van der Waals surface area contributed by atoms with E-state index >= 15 is 0 Å². The monoisotopic (exact) mass is 475 g/mol. The van der Waals surface area contributed by atoms with Gasteiger partial charge in [-0.2, -0.15) is 0 Å². The molecule has 1 aliphatic carbocycles. The van der Waals surface area contributed by atoms with E-state index in [1.165, 1.54) is 12.8 Å². The molecule has 35 heavy (non-hydrogen) atoms. The summed E-state index contributed by atoms with van der Waals surface area (Å²) in [5, 5.41) is 12.2. The highest BCUT2D eigenvalue weighted by molar-refractivity contribution is 5.99. The molecule has 0 spiro atoms. The van der Waals surface area contributed by atoms with Crippen molar-refractivity contribution in [1.82, 2.24) is 0 Å². The maximum Gasteiger partial charge on any atom is 0.120 e. The average Bonchev–Trinajstić information content (AvgIpc) is 2.84. The number of benzene rings is 3. The summed E-state index contributed by atoms with van der Waals surface area (Å²) < 4.78 is 12.1. The number of rotatable bonds is 7. The predicted octanol–water partition coefficient (Wildman–Crippen LogP) is 7.06. The van der Waals surface area contributed by atoms with E-state index < -0.39 is 5.54 Å². The first-order chi connectivity index (χ1) is 16.6. The first-order valence-corrected chi connectivity index (χ1v) is 13.0. The zero-order chi connectivity index (χ0) is 25.2. The molecular formula is C31H41NO3. The molecule has 0 amide bonds. The van der Waals surface area contributed by atoms with Crippen LogP contribution in [0.2, 0.25) is 0 Å². The van der Waals surface area contributed by atoms with Gasteiger partial charge in [0.05, 0.1) is 24.9 Å². The van der Waals surface area contributed by atoms with Gasteiger partial charge in [-0.15, -0.1) is 0 Å². The zero-order valence-corrected chi connectivity index (χ0v) is 21.9. The van der Waals surface area contributed by atoms with Gasteiger partial charge >= 0.3 is 0 Å². The lowest BCUT2D eigenvalue weighted by molar-refractivity contribution is 0.0883. The fraction of sp³-hybridized carbons (Fsp3) is 0.484. The molecule has 1 saturated carbocycles. The number of aliphatic hydroxyl groups is 1. The Hall–Kier alpha value is -2.56. The van der Waals surface area contributed by atoms with Crippen LogP contribution < -0.4 is 15.2 Å². The van der Waals surface area contributed by atoms with Crippen LogP contribution in [0.3, 0.4) is 0 Å². The van der Waals surface area contributed by atoms with E-state index in [0.29, 0.717) is 12.0 Å². The Morgan fingerprint density at radius 2 is 1.54 bits per heavy atom. The van der Waals surface area contributed by atoms with Crippen molar-refractivity contribution in [3.8, 4) is 22.6 Å². The molecule has 1 fully saturated rings. The van der Waals surface area contributed by atoms with E-state index in [0.717, 1.165) is 57.7 Å². The summed E-state index contributed by atoms with van der Waals surface area (Å²) in [6.45, 7) is 11.4. The molecule has 3 aromatic rings. The molecular weight excluding hydrogens is 434 g/mol. The van der Waals surface area contributed by atoms with Crippen LogP contribution in [0.15, 0.2) is 54.6 Å². The van der Waals surface area contributed by atoms with Gasteiger partial charge in [0.25, 0.3) is 0 Å². The standard InChI is InChI=1S/C31H41NO3/c1-6-34-24-12-7-21(8-13-24)29-27-17-16-26(19-22(27)9-18-28(29)31(5,32)20-33)35-25-14-10-23(11-15-25)30(2,3)4/h7-9,12-13,16-19,23,25,33H,6,10-11,14-15,20,32H2,1-5H3/t23?,25?,31-/m0/s1. The molecule has 0 heterocycles. The van der Waals surface area contributed by atoms with Crippen molar-refractivity contribution in [3.05, 3.63) is 60.2 Å². The molecule has 1 aliphatic rings. The minimum atomic E-state index is -0.858. The van der Waals surface area contributed by atoms with Gasteiger partial charge in [-0.25, -0.2) is 0 Å². The van der Waals surface area contributed by atoms with Gasteiger partial charge in [-0.1, -0.05) is 51.1 Å². The summed E-state index contributed by atoms with van der Waals surface area (Å²) in [6.07, 6.45) is 4.95. The van der Waals surface area contributed by atoms with Crippen molar-refractivity contribution in [3.63, 3.8) is 0 Å². The molecule has 0 radical (unpaired) electrons. The van der Waals surface area contributed by atoms with Crippen LogP contribution in [0.4, 0.5) is 0 Å². The number of nitrogens with two attached hydrogens (primary N) is 1. The van der Waals surface area contributed by atoms with Crippen LogP contribution in [-0.4, -0.2) is 24.4 Å². The van der Waals surface area contributed by atoms with Crippen molar-refractivity contribution in [2.75, 3.05) is 13.2 Å². The number of hydrogen-bond donors (Lipinski definition) is 2. The molecule has 4 nitrogen and oxygen atoms in total. The quantitative estimate of drug-likeness (QED) is 0.384. The Bertz CT molecular complexity index is 1140. The van der Waals surface area contributed by atoms with Gasteiger partial charge in [0, 0.05) is 0 Å². The van der Waals surface area contributed by atoms with Gasteiger partial charge < -0.3 is 20.3 Å². The topological polar surface area (TPSA) is 64.7 Å². The van der Waals surface area contributed by atoms with Crippen LogP contribution in [-0.2, 0) is 5.54 Å². The van der Waals surface area contributed by atoms with E-state index in [-0.39, 0.29) is 12.7 Å². The van der Waals surface area contributed by atoms with Crippen molar-refractivity contribution in [2.45, 2.75) is 71.9 Å². The molecule has 0 unspecified atom stereocenters. The van der Waals surface area contributed by atoms with Crippen LogP contribution in [0.25, 0.3) is 21.9 Å². The van der Waals surface area contributed by atoms with Gasteiger partial charge in [-0.3, -0.25) is 0 Å². The molecule has 1 atom stereocenters. The Morgan fingerprint density at radius 3 is 2.14 bits per heavy atom. The third kappa shape index (κ3) is 5.65. The molecule has 0 aliphatic heterocycles. The van der Waals surface area contributed by atoms with Gasteiger partial charge in [0.1, 0.15) is 11.5 Å². The molecule has 4 rings (SSSR count). The summed E-state index contributed by atoms with van der Waals surface area (Å²) in [7, 11) is 0. The molecule has 0 bridgehead atoms. The third-order valence-electron chi connectivity index (χ3n) is 7.59. The summed E-state index contributed by atoms with van der Waals surface area (Å²) in [5.74, 6) is 2.53. The third-order valence-corrected chi connectivity index (χ3v) is 7.59. The highest BCUT2D eigenvalue weighted by Crippen LogP contribution is 2.41. The molecule has 188 valence electrons. The van der Waals surface area contributed by atoms with E-state index in [2.05, 4.69) is 57.2 Å². The largest absolute Gasteiger partial charge is 0.494 e. The Labute approximate surface area is 210 Å². The first-order valence-electron chi connectivity index (χ1n) is 13.0. The van der Waals surface area contributed by atoms with Gasteiger partial charge in [0.2, 0.25) is 0 Å². The number of ether oxygens (including phenoxy) is 2. The lowest BCUT2D eigenvalue weighted by Gasteiger charge is -2.37. The number of aliphatic hydroxyl groups excluding tert-OH is 1. The van der Waals surface area contributed by atoms with Crippen molar-refractivity contribution >= 4 is 10.8 Å². The Morgan fingerprint density at radius 1 is 0.886 bits per heavy atom. The van der Waals surface area contributed by atoms with Gasteiger partial charge in [0.15, 0.2) is 0 Å². The SMILES string of the molecule is CCOc1ccc(-c2c([C@@](C)(N)CO)ccc3cc(OC4CCC(C(C)(C)C)CC4)ccc23)cc1. The highest BCUT2D eigenvalue weighted by atomic mass is 16.5. The van der Waals surface area contributed by atoms with Crippen molar-refractivity contribution < 1.29 is 14.6 Å². The van der Waals surface area contributed by atoms with Crippen LogP contribution in [0.1, 0.15) is 65.9 Å². The normalized spacial score (nSPS) is 20.4. The molecule has 0 aromatic heterocycles. The van der Waals surface area contributed by atoms with Crippen LogP contribution in [0.5, 0.6) is 11.5 Å². The van der Waals surface area contributed by atoms with Crippen molar-refractivity contribution in [1.29, 1.82) is 0 Å². The second kappa shape index (κ2) is 10.2. The summed E-state index contributed by atoms with van der Waals surface area (Å²) in [4.78, 5) is 0. The summed E-state index contributed by atoms with van der Waals surface area (Å²) in [6, 6.07) is 18.6. The molecule has 4 heteroatoms. The Kier molecular flexibility index (Phi) is 7.44. The second-order valence-corrected chi connectivity index (χ2v) is 11.4. The number of hydrogen-bond acceptors (Lipinski definition) is 4. The van der Waals surface area contributed by atoms with E-state index in [1.54, 1.807) is 0 Å². The fourth-order valence-electron chi connectivity index (χ4n) is 5.38. The average molecular weight is 476 g/mol. The van der Waals surface area contributed by atoms with Crippen LogP contribution in [0, 0.1) is 11.3 Å². The van der Waals surface area contributed by atoms with Gasteiger partial charge in [-0.05, 0) is 103 Å². The first kappa shape index (κ1) is 25.5. The van der Waals surface area contributed by atoms with E-state index in [9.17, 15) is 5.11 Å². The maximum absolute atomic E-state index is 10.0. The summed E-state index contributed by atoms with van der Waals surface area (Å²) >= 11 is 0.